The Hall–Kier alpha value is -4.08. The Morgan fingerprint density at radius 1 is 1.08 bits per heavy atom. The van der Waals surface area contributed by atoms with Gasteiger partial charge in [-0.2, -0.15) is 0 Å². The number of nitrogens with zero attached hydrogens (tertiary/aromatic N) is 4. The molecule has 2 aromatic carbocycles. The molecule has 0 atom stereocenters. The molecule has 9 nitrogen and oxygen atoms in total. The molecule has 2 aliphatic rings. The van der Waals surface area contributed by atoms with Crippen LogP contribution in [0.5, 0.6) is 17.2 Å². The van der Waals surface area contributed by atoms with Crippen LogP contribution in [0.2, 0.25) is 0 Å². The van der Waals surface area contributed by atoms with Crippen LogP contribution in [0.4, 0.5) is 0 Å². The van der Waals surface area contributed by atoms with Crippen LogP contribution in [0.25, 0.3) is 28.2 Å². The summed E-state index contributed by atoms with van der Waals surface area (Å²) in [7, 11) is 3.80. The van der Waals surface area contributed by atoms with E-state index in [1.54, 1.807) is 19.3 Å². The summed E-state index contributed by atoms with van der Waals surface area (Å²) in [6.45, 7) is 9.62. The Bertz CT molecular complexity index is 1590. The number of fused-ring (bicyclic) bond motifs is 2. The summed E-state index contributed by atoms with van der Waals surface area (Å²) < 4.78 is 19.5. The van der Waals surface area contributed by atoms with Crippen LogP contribution in [-0.4, -0.2) is 77.3 Å². The number of phenolic OH excluding ortho intramolecular Hbond substituents is 1. The number of ether oxygens (including phenoxy) is 2. The molecule has 1 fully saturated rings. The Morgan fingerprint density at radius 2 is 1.87 bits per heavy atom. The van der Waals surface area contributed by atoms with Crippen LogP contribution in [0.3, 0.4) is 0 Å². The monoisotopic (exact) mass is 528 g/mol. The summed E-state index contributed by atoms with van der Waals surface area (Å²) in [6.07, 6.45) is 1.80. The average molecular weight is 529 g/mol. The Labute approximate surface area is 226 Å². The number of hydrogen-bond donors (Lipinski definition) is 1. The van der Waals surface area contributed by atoms with Crippen LogP contribution in [0, 0.1) is 13.8 Å². The number of carbonyl (C=O) groups is 1. The van der Waals surface area contributed by atoms with Gasteiger partial charge in [0.05, 0.1) is 29.6 Å². The summed E-state index contributed by atoms with van der Waals surface area (Å²) in [5, 5.41) is 15.1. The molecule has 6 rings (SSSR count). The van der Waals surface area contributed by atoms with Crippen molar-refractivity contribution in [3.8, 4) is 28.5 Å². The maximum Gasteiger partial charge on any atom is 0.231 e. The number of likely N-dealkylation sites (N-methyl/N-ethyl adjacent to an activating group) is 1. The molecule has 0 radical (unpaired) electrons. The van der Waals surface area contributed by atoms with Gasteiger partial charge in [0.25, 0.3) is 0 Å². The summed E-state index contributed by atoms with van der Waals surface area (Å²) >= 11 is 0. The minimum atomic E-state index is -0.226. The standard InChI is InChI=1S/C30H32N4O5/c1-18-28(19(2)39-31-18)29-24(17-27-30(36)22-7-5-20(35)15-26(22)38-27)23-16-21(37-4)6-8-25(23)34(29)14-13-33-11-9-32(3)10-12-33/h5-8,15-17,35H,9-14H2,1-4H3/b27-17-. The third-order valence-electron chi connectivity index (χ3n) is 7.74. The van der Waals surface area contributed by atoms with Crippen molar-refractivity contribution in [3.05, 3.63) is 64.7 Å². The Morgan fingerprint density at radius 3 is 2.59 bits per heavy atom. The molecule has 39 heavy (non-hydrogen) atoms. The van der Waals surface area contributed by atoms with Crippen molar-refractivity contribution in [2.75, 3.05) is 46.9 Å². The molecular weight excluding hydrogens is 496 g/mol. The number of Topliss-reactive ketones (excluding diaryl/α,β-unsaturated/α-hetero) is 1. The lowest BCUT2D eigenvalue weighted by molar-refractivity contribution is 0.101. The summed E-state index contributed by atoms with van der Waals surface area (Å²) in [5.74, 6) is 1.79. The number of piperazine rings is 1. The van der Waals surface area contributed by atoms with Gasteiger partial charge >= 0.3 is 0 Å². The molecule has 1 saturated heterocycles. The molecule has 202 valence electrons. The van der Waals surface area contributed by atoms with Gasteiger partial charge in [0, 0.05) is 61.8 Å². The minimum Gasteiger partial charge on any atom is -0.508 e. The first-order valence-corrected chi connectivity index (χ1v) is 13.2. The van der Waals surface area contributed by atoms with E-state index < -0.39 is 0 Å². The maximum atomic E-state index is 13.3. The van der Waals surface area contributed by atoms with Gasteiger partial charge in [-0.3, -0.25) is 9.69 Å². The number of phenols is 1. The van der Waals surface area contributed by atoms with Gasteiger partial charge in [0.15, 0.2) is 5.76 Å². The van der Waals surface area contributed by atoms with Gasteiger partial charge in [-0.05, 0) is 57.3 Å². The van der Waals surface area contributed by atoms with Crippen LogP contribution in [0.15, 0.2) is 46.7 Å². The second-order valence-corrected chi connectivity index (χ2v) is 10.3. The third-order valence-corrected chi connectivity index (χ3v) is 7.74. The fourth-order valence-corrected chi connectivity index (χ4v) is 5.58. The smallest absolute Gasteiger partial charge is 0.231 e. The average Bonchev–Trinajstić information content (AvgIpc) is 3.53. The Balaban J connectivity index is 1.53. The fourth-order valence-electron chi connectivity index (χ4n) is 5.58. The summed E-state index contributed by atoms with van der Waals surface area (Å²) in [5.41, 5.74) is 4.87. The van der Waals surface area contributed by atoms with E-state index >= 15 is 0 Å². The number of methoxy groups -OCH3 is 1. The SMILES string of the molecule is COc1ccc2c(c1)c(/C=C1\Oc3cc(O)ccc3C1=O)c(-c1c(C)noc1C)n2CCN1CCN(C)CC1. The zero-order chi connectivity index (χ0) is 27.3. The molecule has 0 unspecified atom stereocenters. The van der Waals surface area contributed by atoms with Crippen molar-refractivity contribution < 1.29 is 23.9 Å². The van der Waals surface area contributed by atoms with Crippen molar-refractivity contribution in [2.24, 2.45) is 0 Å². The van der Waals surface area contributed by atoms with Crippen LogP contribution < -0.4 is 9.47 Å². The highest BCUT2D eigenvalue weighted by Gasteiger charge is 2.30. The normalized spacial score (nSPS) is 17.2. The number of rotatable bonds is 6. The van der Waals surface area contributed by atoms with Crippen molar-refractivity contribution in [3.63, 3.8) is 0 Å². The quantitative estimate of drug-likeness (QED) is 0.366. The third kappa shape index (κ3) is 4.47. The first kappa shape index (κ1) is 25.2. The van der Waals surface area contributed by atoms with Gasteiger partial charge in [-0.1, -0.05) is 5.16 Å². The van der Waals surface area contributed by atoms with E-state index in [9.17, 15) is 9.90 Å². The van der Waals surface area contributed by atoms with Crippen LogP contribution >= 0.6 is 0 Å². The number of benzene rings is 2. The van der Waals surface area contributed by atoms with Gasteiger partial charge in [0.1, 0.15) is 23.0 Å². The fraction of sp³-hybridized carbons (Fsp3) is 0.333. The molecule has 2 aromatic heterocycles. The van der Waals surface area contributed by atoms with E-state index in [2.05, 4.69) is 32.6 Å². The summed E-state index contributed by atoms with van der Waals surface area (Å²) in [4.78, 5) is 18.2. The topological polar surface area (TPSA) is 93.2 Å². The maximum absolute atomic E-state index is 13.3. The highest BCUT2D eigenvalue weighted by molar-refractivity contribution is 6.16. The molecule has 4 heterocycles. The van der Waals surface area contributed by atoms with Gasteiger partial charge in [0.2, 0.25) is 5.78 Å². The first-order valence-electron chi connectivity index (χ1n) is 13.2. The van der Waals surface area contributed by atoms with E-state index in [-0.39, 0.29) is 17.3 Å². The van der Waals surface area contributed by atoms with Crippen molar-refractivity contribution in [1.82, 2.24) is 19.5 Å². The molecule has 0 bridgehead atoms. The molecule has 0 saturated carbocycles. The largest absolute Gasteiger partial charge is 0.508 e. The zero-order valence-electron chi connectivity index (χ0n) is 22.7. The van der Waals surface area contributed by atoms with Crippen LogP contribution in [-0.2, 0) is 6.54 Å². The summed E-state index contributed by atoms with van der Waals surface area (Å²) in [6, 6.07) is 10.6. The number of hydrogen-bond acceptors (Lipinski definition) is 8. The molecule has 9 heteroatoms. The van der Waals surface area contributed by atoms with Gasteiger partial charge < -0.3 is 28.6 Å². The zero-order valence-corrected chi connectivity index (χ0v) is 22.7. The second kappa shape index (κ2) is 9.91. The number of aryl methyl sites for hydroxylation is 2. The predicted octanol–water partition coefficient (Wildman–Crippen LogP) is 4.49. The van der Waals surface area contributed by atoms with Gasteiger partial charge in [-0.15, -0.1) is 0 Å². The van der Waals surface area contributed by atoms with Crippen LogP contribution in [0.1, 0.15) is 27.4 Å². The Kier molecular flexibility index (Phi) is 6.40. The van der Waals surface area contributed by atoms with E-state index in [4.69, 9.17) is 14.0 Å². The number of allylic oxidation sites excluding steroid dienone is 1. The first-order chi connectivity index (χ1) is 18.8. The van der Waals surface area contributed by atoms with Gasteiger partial charge in [-0.25, -0.2) is 0 Å². The predicted molar refractivity (Wildman–Crippen MR) is 148 cm³/mol. The molecule has 2 aliphatic heterocycles. The number of carbonyl (C=O) groups excluding carboxylic acids is 1. The number of ketones is 1. The minimum absolute atomic E-state index is 0.0458. The molecule has 0 aliphatic carbocycles. The van der Waals surface area contributed by atoms with E-state index in [1.165, 1.54) is 12.1 Å². The molecule has 4 aromatic rings. The molecule has 0 amide bonds. The molecule has 1 N–H and O–H groups in total. The van der Waals surface area contributed by atoms with Crippen molar-refractivity contribution in [1.29, 1.82) is 0 Å². The highest BCUT2D eigenvalue weighted by atomic mass is 16.5. The second-order valence-electron chi connectivity index (χ2n) is 10.3. The lowest BCUT2D eigenvalue weighted by Gasteiger charge is -2.32. The van der Waals surface area contributed by atoms with Crippen molar-refractivity contribution >= 4 is 22.8 Å². The lowest BCUT2D eigenvalue weighted by atomic mass is 10.0. The van der Waals surface area contributed by atoms with E-state index in [0.717, 1.165) is 78.4 Å². The lowest BCUT2D eigenvalue weighted by Crippen LogP contribution is -2.45. The van der Waals surface area contributed by atoms with Crippen molar-refractivity contribution in [2.45, 2.75) is 20.4 Å². The molecular formula is C30H32N4O5. The van der Waals surface area contributed by atoms with E-state index in [1.807, 2.05) is 26.0 Å². The molecule has 0 spiro atoms. The number of aromatic hydroxyl groups is 1. The van der Waals surface area contributed by atoms with E-state index in [0.29, 0.717) is 17.1 Å². The number of aromatic nitrogens is 2. The highest BCUT2D eigenvalue weighted by Crippen LogP contribution is 2.42.